The van der Waals surface area contributed by atoms with Gasteiger partial charge in [-0.25, -0.2) is 0 Å². The third-order valence-corrected chi connectivity index (χ3v) is 5.63. The van der Waals surface area contributed by atoms with E-state index in [2.05, 4.69) is 58.2 Å². The average molecular weight is 318 g/mol. The number of anilines is 1. The first-order valence-corrected chi connectivity index (χ1v) is 8.73. The van der Waals surface area contributed by atoms with Crippen LogP contribution < -0.4 is 4.90 Å². The van der Waals surface area contributed by atoms with Crippen LogP contribution in [0.4, 0.5) is 5.69 Å². The van der Waals surface area contributed by atoms with E-state index < -0.39 is 0 Å². The Labute approximate surface area is 142 Å². The summed E-state index contributed by atoms with van der Waals surface area (Å²) in [6.45, 7) is 4.82. The van der Waals surface area contributed by atoms with Gasteiger partial charge in [-0.3, -0.25) is 4.98 Å². The van der Waals surface area contributed by atoms with E-state index in [0.717, 1.165) is 17.5 Å². The molecule has 2 saturated heterocycles. The van der Waals surface area contributed by atoms with Crippen molar-refractivity contribution in [1.29, 1.82) is 0 Å². The first-order chi connectivity index (χ1) is 11.8. The molecule has 4 heterocycles. The molecule has 122 valence electrons. The Morgan fingerprint density at radius 3 is 2.58 bits per heavy atom. The highest BCUT2D eigenvalue weighted by atomic mass is 15.2. The van der Waals surface area contributed by atoms with E-state index in [4.69, 9.17) is 4.98 Å². The molecule has 0 amide bonds. The first kappa shape index (κ1) is 14.1. The molecule has 2 atom stereocenters. The molecule has 1 aromatic carbocycles. The van der Waals surface area contributed by atoms with Crippen molar-refractivity contribution < 1.29 is 0 Å². The van der Waals surface area contributed by atoms with E-state index in [-0.39, 0.29) is 0 Å². The third-order valence-electron chi connectivity index (χ3n) is 5.63. The number of pyridine rings is 1. The lowest BCUT2D eigenvalue weighted by molar-refractivity contribution is 0.387. The van der Waals surface area contributed by atoms with Gasteiger partial charge in [0, 0.05) is 48.8 Å². The number of H-pyrrole nitrogens is 1. The van der Waals surface area contributed by atoms with Gasteiger partial charge in [-0.05, 0) is 49.2 Å². The van der Waals surface area contributed by atoms with Crippen LogP contribution >= 0.6 is 0 Å². The molecule has 3 aromatic rings. The summed E-state index contributed by atoms with van der Waals surface area (Å²) in [5, 5.41) is 1.23. The zero-order valence-electron chi connectivity index (χ0n) is 13.9. The topological polar surface area (TPSA) is 35.2 Å². The van der Waals surface area contributed by atoms with E-state index in [9.17, 15) is 0 Å². The van der Waals surface area contributed by atoms with E-state index in [1.54, 1.807) is 0 Å². The number of nitrogens with one attached hydrogen (secondary N) is 1. The monoisotopic (exact) mass is 318 g/mol. The van der Waals surface area contributed by atoms with Gasteiger partial charge in [0.05, 0.1) is 17.6 Å². The number of rotatable bonds is 2. The van der Waals surface area contributed by atoms with Crippen molar-refractivity contribution in [2.45, 2.75) is 0 Å². The van der Waals surface area contributed by atoms with Crippen LogP contribution in [0.5, 0.6) is 0 Å². The van der Waals surface area contributed by atoms with Gasteiger partial charge in [0.15, 0.2) is 0 Å². The summed E-state index contributed by atoms with van der Waals surface area (Å²) >= 11 is 0. The Balaban J connectivity index is 1.37. The molecule has 2 fully saturated rings. The first-order valence-electron chi connectivity index (χ1n) is 8.73. The molecule has 2 unspecified atom stereocenters. The van der Waals surface area contributed by atoms with E-state index >= 15 is 0 Å². The van der Waals surface area contributed by atoms with E-state index in [1.165, 1.54) is 48.3 Å². The largest absolute Gasteiger partial charge is 0.370 e. The van der Waals surface area contributed by atoms with Crippen molar-refractivity contribution in [3.63, 3.8) is 0 Å². The van der Waals surface area contributed by atoms with Crippen LogP contribution in [0.25, 0.3) is 22.2 Å². The summed E-state index contributed by atoms with van der Waals surface area (Å²) in [6.07, 6.45) is 4.02. The lowest BCUT2D eigenvalue weighted by Gasteiger charge is -2.21. The van der Waals surface area contributed by atoms with Gasteiger partial charge in [-0.15, -0.1) is 0 Å². The van der Waals surface area contributed by atoms with Crippen LogP contribution in [-0.2, 0) is 0 Å². The highest BCUT2D eigenvalue weighted by molar-refractivity contribution is 5.84. The highest BCUT2D eigenvalue weighted by Gasteiger charge is 2.38. The molecule has 0 saturated carbocycles. The summed E-state index contributed by atoms with van der Waals surface area (Å²) < 4.78 is 0. The molecule has 1 N–H and O–H groups in total. The van der Waals surface area contributed by atoms with Gasteiger partial charge in [-0.2, -0.15) is 0 Å². The van der Waals surface area contributed by atoms with Gasteiger partial charge >= 0.3 is 0 Å². The van der Waals surface area contributed by atoms with Crippen LogP contribution in [0.2, 0.25) is 0 Å². The normalized spacial score (nSPS) is 24.0. The third kappa shape index (κ3) is 2.29. The maximum Gasteiger partial charge on any atom is 0.0703 e. The van der Waals surface area contributed by atoms with Crippen LogP contribution in [0.1, 0.15) is 0 Å². The van der Waals surface area contributed by atoms with Gasteiger partial charge in [0.2, 0.25) is 0 Å². The van der Waals surface area contributed by atoms with Gasteiger partial charge in [0.1, 0.15) is 0 Å². The number of hydrogen-bond donors (Lipinski definition) is 1. The fourth-order valence-electron chi connectivity index (χ4n) is 4.39. The average Bonchev–Trinajstić information content (AvgIpc) is 3.28. The number of aromatic nitrogens is 2. The van der Waals surface area contributed by atoms with Crippen LogP contribution in [0.3, 0.4) is 0 Å². The molecule has 0 bridgehead atoms. The van der Waals surface area contributed by atoms with E-state index in [0.29, 0.717) is 0 Å². The summed E-state index contributed by atoms with van der Waals surface area (Å²) in [5.41, 5.74) is 4.65. The minimum atomic E-state index is 0.825. The Morgan fingerprint density at radius 1 is 1.00 bits per heavy atom. The minimum Gasteiger partial charge on any atom is -0.370 e. The van der Waals surface area contributed by atoms with Gasteiger partial charge in [-0.1, -0.05) is 6.07 Å². The van der Waals surface area contributed by atoms with Gasteiger partial charge < -0.3 is 14.8 Å². The molecular weight excluding hydrogens is 296 g/mol. The number of likely N-dealkylation sites (tertiary alicyclic amines) is 1. The van der Waals surface area contributed by atoms with Crippen molar-refractivity contribution >= 4 is 16.6 Å². The molecule has 2 aliphatic rings. The molecule has 4 heteroatoms. The summed E-state index contributed by atoms with van der Waals surface area (Å²) in [4.78, 5) is 12.9. The van der Waals surface area contributed by atoms with Crippen molar-refractivity contribution in [2.24, 2.45) is 11.8 Å². The predicted molar refractivity (Wildman–Crippen MR) is 98.2 cm³/mol. The molecule has 2 aliphatic heterocycles. The second-order valence-electron chi connectivity index (χ2n) is 7.33. The van der Waals surface area contributed by atoms with Crippen LogP contribution in [0.15, 0.2) is 48.8 Å². The quantitative estimate of drug-likeness (QED) is 0.788. The smallest absolute Gasteiger partial charge is 0.0703 e. The minimum absolute atomic E-state index is 0.825. The molecule has 0 radical (unpaired) electrons. The van der Waals surface area contributed by atoms with Crippen LogP contribution in [0, 0.1) is 11.8 Å². The second kappa shape index (κ2) is 5.35. The summed E-state index contributed by atoms with van der Waals surface area (Å²) in [5.74, 6) is 1.65. The van der Waals surface area contributed by atoms with Crippen molar-refractivity contribution in [1.82, 2.24) is 14.9 Å². The molecule has 0 aliphatic carbocycles. The maximum atomic E-state index is 4.73. The number of benzene rings is 1. The number of fused-ring (bicyclic) bond motifs is 2. The highest BCUT2D eigenvalue weighted by Crippen LogP contribution is 2.33. The number of nitrogens with zero attached hydrogens (tertiary/aromatic N) is 3. The Hall–Kier alpha value is -2.33. The summed E-state index contributed by atoms with van der Waals surface area (Å²) in [6, 6.07) is 12.9. The molecular formula is C20H22N4. The summed E-state index contributed by atoms with van der Waals surface area (Å²) in [7, 11) is 2.24. The molecule has 5 rings (SSSR count). The number of aromatic amines is 1. The lowest BCUT2D eigenvalue weighted by atomic mass is 10.0. The Morgan fingerprint density at radius 2 is 1.83 bits per heavy atom. The Kier molecular flexibility index (Phi) is 3.13. The van der Waals surface area contributed by atoms with Gasteiger partial charge in [0.25, 0.3) is 0 Å². The predicted octanol–water partition coefficient (Wildman–Crippen LogP) is 3.23. The number of hydrogen-bond acceptors (Lipinski definition) is 3. The second-order valence-corrected chi connectivity index (χ2v) is 7.33. The fraction of sp³-hybridized carbons (Fsp3) is 0.350. The molecule has 0 spiro atoms. The molecule has 4 nitrogen and oxygen atoms in total. The Bertz CT molecular complexity index is 853. The zero-order chi connectivity index (χ0) is 16.1. The zero-order valence-corrected chi connectivity index (χ0v) is 13.9. The van der Waals surface area contributed by atoms with E-state index in [1.807, 2.05) is 12.4 Å². The van der Waals surface area contributed by atoms with Crippen molar-refractivity contribution in [2.75, 3.05) is 38.1 Å². The fourth-order valence-corrected chi connectivity index (χ4v) is 4.39. The van der Waals surface area contributed by atoms with Crippen LogP contribution in [-0.4, -0.2) is 48.1 Å². The molecule has 24 heavy (non-hydrogen) atoms. The molecule has 2 aromatic heterocycles. The SMILES string of the molecule is CN1CC2CN(c3ccc(-c4ccc5[nH]ccc5c4)nc3)CC2C1. The maximum absolute atomic E-state index is 4.73. The standard InChI is InChI=1S/C20H22N4/c1-23-10-16-12-24(13-17(16)11-23)18-3-5-20(22-9-18)14-2-4-19-15(8-14)6-7-21-19/h2-9,16-17,21H,10-13H2,1H3. The van der Waals surface area contributed by atoms with Crippen molar-refractivity contribution in [3.8, 4) is 11.3 Å². The van der Waals surface area contributed by atoms with Crippen molar-refractivity contribution in [3.05, 3.63) is 48.8 Å². The lowest BCUT2D eigenvalue weighted by Crippen LogP contribution is -2.26.